The number of halogens is 1. The normalized spacial score (nSPS) is 25.2. The number of nitrogens with zero attached hydrogens (tertiary/aromatic N) is 2. The van der Waals surface area contributed by atoms with Gasteiger partial charge in [-0.15, -0.1) is 12.4 Å². The summed E-state index contributed by atoms with van der Waals surface area (Å²) < 4.78 is 42.0. The zero-order chi connectivity index (χ0) is 22.9. The van der Waals surface area contributed by atoms with E-state index >= 15 is 0 Å². The summed E-state index contributed by atoms with van der Waals surface area (Å²) >= 11 is 0. The van der Waals surface area contributed by atoms with E-state index in [9.17, 15) is 13.2 Å². The predicted octanol–water partition coefficient (Wildman–Crippen LogP) is 3.42. The van der Waals surface area contributed by atoms with E-state index in [0.29, 0.717) is 30.4 Å². The molecule has 0 atom stereocenters. The molecule has 1 aromatic carbocycles. The minimum Gasteiger partial charge on any atom is -0.408 e. The van der Waals surface area contributed by atoms with Crippen LogP contribution < -0.4 is 5.76 Å². The first-order valence-corrected chi connectivity index (χ1v) is 13.3. The Labute approximate surface area is 201 Å². The largest absolute Gasteiger partial charge is 0.420 e. The Hall–Kier alpha value is -1.39. The number of oxazole rings is 1. The van der Waals surface area contributed by atoms with E-state index in [1.54, 1.807) is 23.8 Å². The van der Waals surface area contributed by atoms with Crippen LogP contribution in [0.2, 0.25) is 0 Å². The van der Waals surface area contributed by atoms with Gasteiger partial charge in [0.1, 0.15) is 0 Å². The lowest BCUT2D eigenvalue weighted by atomic mass is 9.79. The van der Waals surface area contributed by atoms with Crippen molar-refractivity contribution in [3.63, 3.8) is 0 Å². The summed E-state index contributed by atoms with van der Waals surface area (Å²) in [5.41, 5.74) is 1.15. The van der Waals surface area contributed by atoms with Crippen molar-refractivity contribution in [2.75, 3.05) is 39.7 Å². The minimum atomic E-state index is -3.36. The molecule has 1 saturated carbocycles. The number of rotatable bonds is 7. The van der Waals surface area contributed by atoms with Crippen LogP contribution >= 0.6 is 12.4 Å². The third-order valence-corrected chi connectivity index (χ3v) is 8.37. The predicted molar refractivity (Wildman–Crippen MR) is 129 cm³/mol. The molecular weight excluding hydrogens is 468 g/mol. The number of benzene rings is 1. The monoisotopic (exact) mass is 502 g/mol. The number of hydrogen-bond donors (Lipinski definition) is 0. The van der Waals surface area contributed by atoms with Gasteiger partial charge in [-0.3, -0.25) is 9.47 Å². The first-order valence-electron chi connectivity index (χ1n) is 11.4. The molecule has 1 saturated heterocycles. The van der Waals surface area contributed by atoms with Gasteiger partial charge in [0, 0.05) is 38.0 Å². The summed E-state index contributed by atoms with van der Waals surface area (Å²) in [6.45, 7) is 5.44. The maximum Gasteiger partial charge on any atom is 0.420 e. The molecule has 8 nitrogen and oxygen atoms in total. The van der Waals surface area contributed by atoms with E-state index in [4.69, 9.17) is 13.9 Å². The van der Waals surface area contributed by atoms with Crippen LogP contribution in [0, 0.1) is 0 Å². The number of aromatic nitrogens is 1. The molecule has 1 aliphatic carbocycles. The van der Waals surface area contributed by atoms with Crippen molar-refractivity contribution < 1.29 is 22.3 Å². The molecule has 1 aliphatic heterocycles. The van der Waals surface area contributed by atoms with E-state index in [1.807, 2.05) is 0 Å². The molecule has 2 aromatic rings. The Balaban J connectivity index is 0.00000306. The van der Waals surface area contributed by atoms with E-state index < -0.39 is 15.6 Å². The third kappa shape index (κ3) is 5.65. The lowest BCUT2D eigenvalue weighted by molar-refractivity contribution is -0.0419. The lowest BCUT2D eigenvalue weighted by Gasteiger charge is -2.48. The van der Waals surface area contributed by atoms with E-state index in [2.05, 4.69) is 11.8 Å². The van der Waals surface area contributed by atoms with E-state index in [0.717, 1.165) is 51.6 Å². The topological polar surface area (TPSA) is 91.0 Å². The fourth-order valence-corrected chi connectivity index (χ4v) is 5.89. The smallest absolute Gasteiger partial charge is 0.408 e. The average Bonchev–Trinajstić information content (AvgIpc) is 3.10. The third-order valence-electron chi connectivity index (χ3n) is 7.26. The van der Waals surface area contributed by atoms with Crippen LogP contribution in [0.4, 0.5) is 0 Å². The van der Waals surface area contributed by atoms with Gasteiger partial charge >= 0.3 is 5.76 Å². The van der Waals surface area contributed by atoms with Crippen molar-refractivity contribution in [1.82, 2.24) is 9.47 Å². The van der Waals surface area contributed by atoms with E-state index in [1.165, 1.54) is 12.3 Å². The molecule has 0 spiro atoms. The van der Waals surface area contributed by atoms with Crippen LogP contribution in [0.3, 0.4) is 0 Å². The van der Waals surface area contributed by atoms with Crippen LogP contribution in [0.15, 0.2) is 32.3 Å². The molecule has 4 rings (SSSR count). The van der Waals surface area contributed by atoms with Gasteiger partial charge in [-0.2, -0.15) is 0 Å². The quantitative estimate of drug-likeness (QED) is 0.536. The van der Waals surface area contributed by atoms with Crippen molar-refractivity contribution >= 4 is 33.3 Å². The molecule has 0 bridgehead atoms. The second-order valence-corrected chi connectivity index (χ2v) is 11.4. The maximum absolute atomic E-state index is 12.6. The van der Waals surface area contributed by atoms with Gasteiger partial charge in [-0.1, -0.05) is 0 Å². The molecule has 2 heterocycles. The van der Waals surface area contributed by atoms with Crippen molar-refractivity contribution in [3.05, 3.63) is 28.7 Å². The number of piperidine rings is 1. The number of ether oxygens (including phenoxy) is 2. The molecule has 0 amide bonds. The second-order valence-electron chi connectivity index (χ2n) is 9.42. The second kappa shape index (κ2) is 10.5. The number of methoxy groups -OCH3 is 1. The molecular formula is C23H35ClN2O6S. The van der Waals surface area contributed by atoms with Crippen molar-refractivity contribution in [2.45, 2.75) is 68.0 Å². The van der Waals surface area contributed by atoms with Gasteiger partial charge in [-0.05, 0) is 63.6 Å². The van der Waals surface area contributed by atoms with Gasteiger partial charge < -0.3 is 13.9 Å². The molecule has 186 valence electrons. The Bertz CT molecular complexity index is 1100. The van der Waals surface area contributed by atoms with Crippen molar-refractivity contribution in [3.8, 4) is 0 Å². The highest BCUT2D eigenvalue weighted by molar-refractivity contribution is 7.90. The molecule has 2 aliphatic rings. The van der Waals surface area contributed by atoms with Gasteiger partial charge in [-0.25, -0.2) is 13.2 Å². The molecule has 0 radical (unpaired) electrons. The molecule has 33 heavy (non-hydrogen) atoms. The standard InChI is InChI=1S/C23H34N2O6S.ClH/c1-23(10-6-18(7-11-23)30-15-14-29-2)24-12-8-17(9-13-24)25-20-16-19(32(3,27)28)4-5-21(20)31-22(25)26;/h4-5,16-18H,6-15H2,1-3H3;1H. The summed E-state index contributed by atoms with van der Waals surface area (Å²) in [6, 6.07) is 4.64. The van der Waals surface area contributed by atoms with Crippen LogP contribution in [0.1, 0.15) is 51.5 Å². The zero-order valence-electron chi connectivity index (χ0n) is 19.6. The number of fused-ring (bicyclic) bond motifs is 1. The number of likely N-dealkylation sites (tertiary alicyclic amines) is 1. The average molecular weight is 503 g/mol. The summed E-state index contributed by atoms with van der Waals surface area (Å²) in [5, 5.41) is 0. The van der Waals surface area contributed by atoms with E-state index in [-0.39, 0.29) is 28.9 Å². The molecule has 10 heteroatoms. The highest BCUT2D eigenvalue weighted by atomic mass is 35.5. The summed E-state index contributed by atoms with van der Waals surface area (Å²) in [7, 11) is -1.67. The number of sulfone groups is 1. The fraction of sp³-hybridized carbons (Fsp3) is 0.696. The summed E-state index contributed by atoms with van der Waals surface area (Å²) in [4.78, 5) is 15.4. The number of hydrogen-bond acceptors (Lipinski definition) is 7. The lowest BCUT2D eigenvalue weighted by Crippen LogP contribution is -2.53. The molecule has 2 fully saturated rings. The highest BCUT2D eigenvalue weighted by Gasteiger charge is 2.38. The summed E-state index contributed by atoms with van der Waals surface area (Å²) in [6.07, 6.45) is 7.47. The van der Waals surface area contributed by atoms with Gasteiger partial charge in [0.15, 0.2) is 15.4 Å². The Morgan fingerprint density at radius 1 is 1.12 bits per heavy atom. The molecule has 1 aromatic heterocycles. The van der Waals surface area contributed by atoms with Crippen LogP contribution in [0.5, 0.6) is 0 Å². The first-order chi connectivity index (χ1) is 15.2. The zero-order valence-corrected chi connectivity index (χ0v) is 21.3. The highest BCUT2D eigenvalue weighted by Crippen LogP contribution is 2.38. The SMILES string of the molecule is COCCOC1CCC(C)(N2CCC(n3c(=O)oc4ccc(S(C)(=O)=O)cc43)CC2)CC1.Cl. The fourth-order valence-electron chi connectivity index (χ4n) is 5.25. The van der Waals surface area contributed by atoms with Crippen LogP contribution in [-0.4, -0.2) is 69.2 Å². The van der Waals surface area contributed by atoms with Crippen molar-refractivity contribution in [2.24, 2.45) is 0 Å². The molecule has 0 N–H and O–H groups in total. The summed E-state index contributed by atoms with van der Waals surface area (Å²) in [5.74, 6) is -0.413. The van der Waals surface area contributed by atoms with Crippen LogP contribution in [-0.2, 0) is 19.3 Å². The van der Waals surface area contributed by atoms with Gasteiger partial charge in [0.25, 0.3) is 0 Å². The Kier molecular flexibility index (Phi) is 8.32. The maximum atomic E-state index is 12.6. The Morgan fingerprint density at radius 2 is 1.79 bits per heavy atom. The van der Waals surface area contributed by atoms with Crippen LogP contribution in [0.25, 0.3) is 11.1 Å². The Morgan fingerprint density at radius 3 is 2.39 bits per heavy atom. The molecule has 0 unspecified atom stereocenters. The first kappa shape index (κ1) is 26.2. The van der Waals surface area contributed by atoms with Crippen molar-refractivity contribution in [1.29, 1.82) is 0 Å². The van der Waals surface area contributed by atoms with Gasteiger partial charge in [0.2, 0.25) is 0 Å². The minimum absolute atomic E-state index is 0. The van der Waals surface area contributed by atoms with Gasteiger partial charge in [0.05, 0.1) is 29.7 Å².